The van der Waals surface area contributed by atoms with Crippen molar-refractivity contribution in [3.8, 4) is 0 Å². The van der Waals surface area contributed by atoms with Gasteiger partial charge in [0.05, 0.1) is 30.1 Å². The summed E-state index contributed by atoms with van der Waals surface area (Å²) in [7, 11) is -3.86. The van der Waals surface area contributed by atoms with E-state index in [1.54, 1.807) is 0 Å². The number of hydrogen-bond acceptors (Lipinski definition) is 6. The molecule has 0 aromatic heterocycles. The van der Waals surface area contributed by atoms with Gasteiger partial charge in [-0.15, -0.1) is 0 Å². The lowest BCUT2D eigenvalue weighted by Gasteiger charge is -2.26. The number of carbonyl (C=O) groups excluding carboxylic acids is 3. The molecule has 4 rings (SSSR count). The van der Waals surface area contributed by atoms with E-state index in [2.05, 4.69) is 5.32 Å². The molecule has 2 heterocycles. The summed E-state index contributed by atoms with van der Waals surface area (Å²) in [6, 6.07) is 4.13. The lowest BCUT2D eigenvalue weighted by molar-refractivity contribution is -0.142. The third-order valence-electron chi connectivity index (χ3n) is 5.70. The van der Waals surface area contributed by atoms with Crippen molar-refractivity contribution in [1.29, 1.82) is 0 Å². The van der Waals surface area contributed by atoms with Crippen LogP contribution in [0, 0.1) is 11.8 Å². The normalized spacial score (nSPS) is 24.4. The number of carbonyl (C=O) groups is 3. The molecule has 11 heteroatoms. The van der Waals surface area contributed by atoms with E-state index >= 15 is 0 Å². The number of nitrogens with one attached hydrogen (secondary N) is 1. The highest BCUT2D eigenvalue weighted by Crippen LogP contribution is 2.35. The van der Waals surface area contributed by atoms with Crippen LogP contribution >= 0.6 is 11.6 Å². The largest absolute Gasteiger partial charge is 0.379 e. The molecule has 166 valence electrons. The van der Waals surface area contributed by atoms with Crippen LogP contribution in [-0.2, 0) is 29.1 Å². The van der Waals surface area contributed by atoms with E-state index in [4.69, 9.17) is 16.3 Å². The number of rotatable bonds is 5. The second-order valence-electron chi connectivity index (χ2n) is 7.63. The third-order valence-corrected chi connectivity index (χ3v) is 8.08. The van der Waals surface area contributed by atoms with Gasteiger partial charge >= 0.3 is 0 Å². The van der Waals surface area contributed by atoms with Gasteiger partial charge in [0.15, 0.2) is 0 Å². The Labute approximate surface area is 185 Å². The van der Waals surface area contributed by atoms with Crippen LogP contribution in [-0.4, -0.2) is 68.2 Å². The number of morpholine rings is 1. The average molecular weight is 468 g/mol. The fourth-order valence-electron chi connectivity index (χ4n) is 4.07. The summed E-state index contributed by atoms with van der Waals surface area (Å²) >= 11 is 6.13. The van der Waals surface area contributed by atoms with Crippen molar-refractivity contribution in [2.75, 3.05) is 38.2 Å². The van der Waals surface area contributed by atoms with Crippen molar-refractivity contribution in [2.24, 2.45) is 11.8 Å². The van der Waals surface area contributed by atoms with Crippen molar-refractivity contribution < 1.29 is 27.5 Å². The minimum atomic E-state index is -3.86. The molecular weight excluding hydrogens is 446 g/mol. The van der Waals surface area contributed by atoms with E-state index < -0.39 is 34.3 Å². The fourth-order valence-corrected chi connectivity index (χ4v) is 5.98. The molecule has 0 radical (unpaired) electrons. The monoisotopic (exact) mass is 467 g/mol. The van der Waals surface area contributed by atoms with Gasteiger partial charge in [-0.3, -0.25) is 19.3 Å². The minimum Gasteiger partial charge on any atom is -0.379 e. The highest BCUT2D eigenvalue weighted by molar-refractivity contribution is 7.89. The van der Waals surface area contributed by atoms with Crippen molar-refractivity contribution >= 4 is 45.0 Å². The number of amides is 3. The van der Waals surface area contributed by atoms with E-state index in [1.165, 1.54) is 22.5 Å². The highest BCUT2D eigenvalue weighted by atomic mass is 35.5. The van der Waals surface area contributed by atoms with Gasteiger partial charge in [-0.25, -0.2) is 8.42 Å². The molecule has 3 amide bonds. The smallest absolute Gasteiger partial charge is 0.244 e. The van der Waals surface area contributed by atoms with Crippen LogP contribution in [0.1, 0.15) is 12.8 Å². The second-order valence-corrected chi connectivity index (χ2v) is 9.94. The number of sulfonamides is 1. The fraction of sp³-hybridized carbons (Fsp3) is 0.450. The van der Waals surface area contributed by atoms with Crippen LogP contribution in [0.25, 0.3) is 0 Å². The van der Waals surface area contributed by atoms with Gasteiger partial charge in [-0.1, -0.05) is 23.8 Å². The van der Waals surface area contributed by atoms with Crippen LogP contribution in [0.5, 0.6) is 0 Å². The van der Waals surface area contributed by atoms with Gasteiger partial charge < -0.3 is 10.1 Å². The van der Waals surface area contributed by atoms with E-state index in [0.717, 1.165) is 4.90 Å². The highest BCUT2D eigenvalue weighted by Gasteiger charge is 2.47. The molecule has 3 aliphatic rings. The second kappa shape index (κ2) is 8.70. The minimum absolute atomic E-state index is 0.0333. The van der Waals surface area contributed by atoms with Crippen LogP contribution in [0.15, 0.2) is 35.2 Å². The van der Waals surface area contributed by atoms with Gasteiger partial charge in [0.2, 0.25) is 27.7 Å². The zero-order valence-electron chi connectivity index (χ0n) is 16.6. The number of imide groups is 1. The van der Waals surface area contributed by atoms with Crippen molar-refractivity contribution in [1.82, 2.24) is 9.21 Å². The first-order valence-corrected chi connectivity index (χ1v) is 11.8. The van der Waals surface area contributed by atoms with E-state index in [0.29, 0.717) is 26.1 Å². The number of anilines is 1. The molecular formula is C20H22ClN3O6S. The molecule has 0 bridgehead atoms. The molecule has 2 fully saturated rings. The summed E-state index contributed by atoms with van der Waals surface area (Å²) in [5.74, 6) is -2.11. The SMILES string of the molecule is O=C(CN1C(=O)C2CC=CCC2C1=O)Nc1ccc(Cl)c(S(=O)(=O)N2CCOCC2)c1. The molecule has 1 N–H and O–H groups in total. The summed E-state index contributed by atoms with van der Waals surface area (Å²) < 4.78 is 32.3. The molecule has 2 unspecified atom stereocenters. The predicted octanol–water partition coefficient (Wildman–Crippen LogP) is 1.25. The quantitative estimate of drug-likeness (QED) is 0.515. The van der Waals surface area contributed by atoms with Crippen molar-refractivity contribution in [3.63, 3.8) is 0 Å². The summed E-state index contributed by atoms with van der Waals surface area (Å²) in [6.45, 7) is 0.599. The maximum Gasteiger partial charge on any atom is 0.244 e. The number of allylic oxidation sites excluding steroid dienone is 2. The predicted molar refractivity (Wildman–Crippen MR) is 112 cm³/mol. The van der Waals surface area contributed by atoms with Crippen molar-refractivity contribution in [3.05, 3.63) is 35.4 Å². The zero-order valence-corrected chi connectivity index (χ0v) is 18.2. The maximum absolute atomic E-state index is 12.9. The Kier molecular flexibility index (Phi) is 6.16. The zero-order chi connectivity index (χ0) is 22.2. The number of likely N-dealkylation sites (tertiary alicyclic amines) is 1. The summed E-state index contributed by atoms with van der Waals surface area (Å²) in [5, 5.41) is 2.60. The molecule has 2 atom stereocenters. The van der Waals surface area contributed by atoms with Crippen LogP contribution in [0.4, 0.5) is 5.69 Å². The van der Waals surface area contributed by atoms with Crippen LogP contribution in [0.2, 0.25) is 5.02 Å². The topological polar surface area (TPSA) is 113 Å². The lowest BCUT2D eigenvalue weighted by Crippen LogP contribution is -2.40. The molecule has 9 nitrogen and oxygen atoms in total. The maximum atomic E-state index is 12.9. The summed E-state index contributed by atoms with van der Waals surface area (Å²) in [5.41, 5.74) is 0.208. The Morgan fingerprint density at radius 3 is 2.32 bits per heavy atom. The van der Waals surface area contributed by atoms with E-state index in [9.17, 15) is 22.8 Å². The molecule has 1 aromatic carbocycles. The standard InChI is InChI=1S/C20H22ClN3O6S/c21-16-6-5-13(11-17(16)31(28,29)23-7-9-30-10-8-23)22-18(25)12-24-19(26)14-3-1-2-4-15(14)20(24)27/h1-2,5-6,11,14-15H,3-4,7-10,12H2,(H,22,25). The van der Waals surface area contributed by atoms with Crippen LogP contribution < -0.4 is 5.32 Å². The van der Waals surface area contributed by atoms with Gasteiger partial charge in [0.25, 0.3) is 0 Å². The molecule has 2 aliphatic heterocycles. The third kappa shape index (κ3) is 4.25. The lowest BCUT2D eigenvalue weighted by atomic mass is 9.85. The molecule has 1 aromatic rings. The van der Waals surface area contributed by atoms with Crippen molar-refractivity contribution in [2.45, 2.75) is 17.7 Å². The van der Waals surface area contributed by atoms with Gasteiger partial charge in [-0.05, 0) is 31.0 Å². The average Bonchev–Trinajstić information content (AvgIpc) is 3.00. The Balaban J connectivity index is 1.47. The Morgan fingerprint density at radius 1 is 1.10 bits per heavy atom. The number of ether oxygens (including phenoxy) is 1. The first-order valence-electron chi connectivity index (χ1n) is 9.96. The van der Waals surface area contributed by atoms with Gasteiger partial charge in [-0.2, -0.15) is 4.31 Å². The Morgan fingerprint density at radius 2 is 1.71 bits per heavy atom. The Hall–Kier alpha value is -2.27. The first kappa shape index (κ1) is 21.9. The van der Waals surface area contributed by atoms with Crippen LogP contribution in [0.3, 0.4) is 0 Å². The molecule has 1 aliphatic carbocycles. The molecule has 0 spiro atoms. The molecule has 2 saturated heterocycles. The van der Waals surface area contributed by atoms with E-state index in [1.807, 2.05) is 12.2 Å². The summed E-state index contributed by atoms with van der Waals surface area (Å²) in [4.78, 5) is 38.4. The number of benzene rings is 1. The first-order chi connectivity index (χ1) is 14.8. The van der Waals surface area contributed by atoms with E-state index in [-0.39, 0.29) is 40.5 Å². The Bertz CT molecular complexity index is 1020. The number of nitrogens with zero attached hydrogens (tertiary/aromatic N) is 2. The number of fused-ring (bicyclic) bond motifs is 1. The summed E-state index contributed by atoms with van der Waals surface area (Å²) in [6.07, 6.45) is 4.74. The molecule has 31 heavy (non-hydrogen) atoms. The molecule has 0 saturated carbocycles. The number of hydrogen-bond donors (Lipinski definition) is 1. The van der Waals surface area contributed by atoms with Gasteiger partial charge in [0.1, 0.15) is 11.4 Å². The number of halogens is 1. The van der Waals surface area contributed by atoms with Gasteiger partial charge in [0, 0.05) is 18.8 Å².